The van der Waals surface area contributed by atoms with Gasteiger partial charge < -0.3 is 9.90 Å². The molecular formula is C13H20N4O6S. The van der Waals surface area contributed by atoms with E-state index in [1.165, 1.54) is 18.2 Å². The van der Waals surface area contributed by atoms with Gasteiger partial charge in [0.15, 0.2) is 0 Å². The van der Waals surface area contributed by atoms with Crippen LogP contribution in [0.1, 0.15) is 0 Å². The van der Waals surface area contributed by atoms with Crippen molar-refractivity contribution >= 4 is 21.8 Å². The number of aliphatic carboxylic acids is 1. The van der Waals surface area contributed by atoms with Gasteiger partial charge in [-0.25, -0.2) is 8.42 Å². The molecule has 0 fully saturated rings. The Hall–Kier alpha value is -2.69. The number of nitrogens with two attached hydrogens (primary N) is 1. The molecule has 134 valence electrons. The summed E-state index contributed by atoms with van der Waals surface area (Å²) in [4.78, 5) is 20.8. The Kier molecular flexibility index (Phi) is 7.83. The molecule has 0 heterocycles. The molecule has 0 spiro atoms. The smallest absolute Gasteiger partial charge is 0.353 e. The number of nitrogens with zero attached hydrogens (tertiary/aromatic N) is 3. The van der Waals surface area contributed by atoms with Gasteiger partial charge in [-0.15, -0.1) is 0 Å². The maximum Gasteiger partial charge on any atom is 0.353 e. The summed E-state index contributed by atoms with van der Waals surface area (Å²) in [5.41, 5.74) is 5.53. The molecule has 0 radical (unpaired) electrons. The minimum Gasteiger partial charge on any atom is -0.542 e. The van der Waals surface area contributed by atoms with Crippen LogP contribution in [0.5, 0.6) is 0 Å². The topological polar surface area (TPSA) is 150 Å². The van der Waals surface area contributed by atoms with Gasteiger partial charge in [-0.05, 0) is 12.1 Å². The highest BCUT2D eigenvalue weighted by molar-refractivity contribution is 7.92. The van der Waals surface area contributed by atoms with Crippen LogP contribution < -0.4 is 10.8 Å². The first kappa shape index (κ1) is 21.3. The van der Waals surface area contributed by atoms with Gasteiger partial charge >= 0.3 is 11.3 Å². The van der Waals surface area contributed by atoms with E-state index in [1.807, 2.05) is 37.7 Å². The zero-order valence-corrected chi connectivity index (χ0v) is 14.6. The van der Waals surface area contributed by atoms with Crippen LogP contribution in [0, 0.1) is 10.1 Å². The second-order valence-corrected chi connectivity index (χ2v) is 6.97. The van der Waals surface area contributed by atoms with E-state index >= 15 is 0 Å². The van der Waals surface area contributed by atoms with Crippen LogP contribution in [0.3, 0.4) is 0 Å². The summed E-state index contributed by atoms with van der Waals surface area (Å²) >= 11 is 0. The summed E-state index contributed by atoms with van der Waals surface area (Å²) in [5, 5.41) is 18.0. The van der Waals surface area contributed by atoms with Crippen molar-refractivity contribution in [2.45, 2.75) is 10.3 Å². The number of guanidine groups is 1. The lowest BCUT2D eigenvalue weighted by Crippen LogP contribution is -2.46. The van der Waals surface area contributed by atoms with Gasteiger partial charge in [-0.1, -0.05) is 18.2 Å². The van der Waals surface area contributed by atoms with Gasteiger partial charge in [0.1, 0.15) is 5.97 Å². The van der Waals surface area contributed by atoms with Crippen molar-refractivity contribution in [3.05, 3.63) is 40.4 Å². The number of carbonyl (C=O) groups excluding carboxylic acids is 1. The first-order valence-electron chi connectivity index (χ1n) is 6.53. The molecule has 11 heteroatoms. The van der Waals surface area contributed by atoms with E-state index in [4.69, 9.17) is 5.73 Å². The highest BCUT2D eigenvalue weighted by atomic mass is 32.2. The largest absolute Gasteiger partial charge is 0.542 e. The minimum atomic E-state index is -4.56. The Morgan fingerprint density at radius 1 is 1.21 bits per heavy atom. The second kappa shape index (κ2) is 8.82. The SMILES string of the molecule is CN(C)C(N)=[N+](C)C.O=C([O-])C([N+](=O)[O-])S(=O)(=O)c1ccccc1. The van der Waals surface area contributed by atoms with Crippen LogP contribution in [0.25, 0.3) is 0 Å². The molecule has 2 N–H and O–H groups in total. The number of hydrogen-bond acceptors (Lipinski definition) is 6. The van der Waals surface area contributed by atoms with E-state index in [-0.39, 0.29) is 0 Å². The van der Waals surface area contributed by atoms with Crippen molar-refractivity contribution in [2.75, 3.05) is 28.2 Å². The third kappa shape index (κ3) is 5.83. The van der Waals surface area contributed by atoms with E-state index in [1.54, 1.807) is 0 Å². The fourth-order valence-electron chi connectivity index (χ4n) is 1.47. The Morgan fingerprint density at radius 3 is 1.92 bits per heavy atom. The predicted octanol–water partition coefficient (Wildman–Crippen LogP) is -2.05. The number of benzene rings is 1. The molecule has 1 rings (SSSR count). The van der Waals surface area contributed by atoms with Crippen LogP contribution in [-0.4, -0.2) is 68.3 Å². The molecule has 1 aromatic rings. The molecule has 0 aliphatic rings. The monoisotopic (exact) mass is 360 g/mol. The molecular weight excluding hydrogens is 340 g/mol. The van der Waals surface area contributed by atoms with Crippen molar-refractivity contribution < 1.29 is 27.8 Å². The Bertz CT molecular complexity index is 697. The fraction of sp³-hybridized carbons (Fsp3) is 0.385. The Labute approximate surface area is 139 Å². The van der Waals surface area contributed by atoms with Gasteiger partial charge in [-0.3, -0.25) is 25.3 Å². The van der Waals surface area contributed by atoms with E-state index < -0.39 is 31.0 Å². The van der Waals surface area contributed by atoms with Gasteiger partial charge in [0, 0.05) is 4.92 Å². The van der Waals surface area contributed by atoms with Crippen LogP contribution in [0.2, 0.25) is 0 Å². The fourth-order valence-corrected chi connectivity index (χ4v) is 2.74. The summed E-state index contributed by atoms with van der Waals surface area (Å²) in [5.74, 6) is -1.49. The number of rotatable bonds is 4. The zero-order valence-electron chi connectivity index (χ0n) is 13.7. The first-order chi connectivity index (χ1) is 10.9. The molecule has 0 saturated heterocycles. The normalized spacial score (nSPS) is 11.5. The van der Waals surface area contributed by atoms with E-state index in [9.17, 15) is 28.4 Å². The first-order valence-corrected chi connectivity index (χ1v) is 8.08. The molecule has 0 aromatic heterocycles. The average molecular weight is 360 g/mol. The number of carbonyl (C=O) groups is 1. The molecule has 0 saturated carbocycles. The van der Waals surface area contributed by atoms with Gasteiger partial charge in [0.05, 0.1) is 33.1 Å². The lowest BCUT2D eigenvalue weighted by Gasteiger charge is -2.10. The standard InChI is InChI=1S/C8H7NO6S.C5H13N3/c10-8(11)7(9(12)13)16(14,15)6-4-2-1-3-5-6;1-7(2)5(6)8(3)4/h1-5,7H,(H,10,11);6H,1-4H3. The number of hydrogen-bond donors (Lipinski definition) is 1. The van der Waals surface area contributed by atoms with Crippen molar-refractivity contribution in [2.24, 2.45) is 5.73 Å². The van der Waals surface area contributed by atoms with Crippen LogP contribution in [0.4, 0.5) is 0 Å². The third-order valence-electron chi connectivity index (χ3n) is 2.68. The molecule has 10 nitrogen and oxygen atoms in total. The minimum absolute atomic E-state index is 0.430. The lowest BCUT2D eigenvalue weighted by molar-refractivity contribution is -0.500. The number of sulfone groups is 1. The number of carboxylic acid groups (broad SMARTS) is 1. The Balaban J connectivity index is 0.000000561. The molecule has 1 aromatic carbocycles. The summed E-state index contributed by atoms with van der Waals surface area (Å²) in [6.45, 7) is 0. The second-order valence-electron chi connectivity index (χ2n) is 4.96. The van der Waals surface area contributed by atoms with Crippen molar-refractivity contribution in [3.63, 3.8) is 0 Å². The van der Waals surface area contributed by atoms with Crippen LogP contribution >= 0.6 is 0 Å². The quantitative estimate of drug-likeness (QED) is 0.212. The number of nitro groups is 1. The summed E-state index contributed by atoms with van der Waals surface area (Å²) in [6, 6.07) is 6.32. The number of carboxylic acids is 1. The highest BCUT2D eigenvalue weighted by Gasteiger charge is 2.38. The summed E-state index contributed by atoms with van der Waals surface area (Å²) in [7, 11) is 3.09. The van der Waals surface area contributed by atoms with Crippen molar-refractivity contribution in [1.82, 2.24) is 4.90 Å². The summed E-state index contributed by atoms with van der Waals surface area (Å²) < 4.78 is 25.0. The molecule has 0 aliphatic carbocycles. The van der Waals surface area contributed by atoms with E-state index in [0.29, 0.717) is 0 Å². The van der Waals surface area contributed by atoms with Gasteiger partial charge in [-0.2, -0.15) is 0 Å². The molecule has 0 bridgehead atoms. The third-order valence-corrected chi connectivity index (χ3v) is 4.56. The molecule has 0 amide bonds. The summed E-state index contributed by atoms with van der Waals surface area (Å²) in [6.07, 6.45) is 0. The molecule has 1 atom stereocenters. The molecule has 24 heavy (non-hydrogen) atoms. The lowest BCUT2D eigenvalue weighted by atomic mass is 10.4. The van der Waals surface area contributed by atoms with Crippen molar-refractivity contribution in [1.29, 1.82) is 0 Å². The molecule has 1 unspecified atom stereocenters. The maximum atomic E-state index is 11.6. The highest BCUT2D eigenvalue weighted by Crippen LogP contribution is 2.15. The van der Waals surface area contributed by atoms with Gasteiger partial charge in [0.2, 0.25) is 0 Å². The average Bonchev–Trinajstić information content (AvgIpc) is 2.46. The molecule has 0 aliphatic heterocycles. The zero-order chi connectivity index (χ0) is 19.1. The van der Waals surface area contributed by atoms with E-state index in [0.717, 1.165) is 18.1 Å². The van der Waals surface area contributed by atoms with Crippen LogP contribution in [0.15, 0.2) is 35.2 Å². The van der Waals surface area contributed by atoms with Crippen LogP contribution in [-0.2, 0) is 14.6 Å². The maximum absolute atomic E-state index is 11.6. The van der Waals surface area contributed by atoms with Gasteiger partial charge in [0.25, 0.3) is 9.84 Å². The van der Waals surface area contributed by atoms with E-state index in [2.05, 4.69) is 0 Å². The Morgan fingerprint density at radius 2 is 1.67 bits per heavy atom. The van der Waals surface area contributed by atoms with Crippen molar-refractivity contribution in [3.8, 4) is 0 Å². The predicted molar refractivity (Wildman–Crippen MR) is 84.4 cm³/mol.